The molecule has 0 aliphatic heterocycles. The van der Waals surface area contributed by atoms with Gasteiger partial charge in [-0.05, 0) is 36.2 Å². The van der Waals surface area contributed by atoms with Gasteiger partial charge in [0.25, 0.3) is 0 Å². The van der Waals surface area contributed by atoms with Crippen molar-refractivity contribution in [2.75, 3.05) is 12.8 Å². The zero-order valence-electron chi connectivity index (χ0n) is 9.33. The number of hydrogen-bond donors (Lipinski definition) is 1. The lowest BCUT2D eigenvalue weighted by Gasteiger charge is -2.17. The van der Waals surface area contributed by atoms with Crippen molar-refractivity contribution < 1.29 is 0 Å². The second-order valence-corrected chi connectivity index (χ2v) is 6.39. The highest BCUT2D eigenvalue weighted by Crippen LogP contribution is 2.26. The molecule has 1 aromatic rings. The van der Waals surface area contributed by atoms with E-state index in [1.807, 2.05) is 30.1 Å². The average Bonchev–Trinajstić information content (AvgIpc) is 2.53. The molecule has 0 bridgehead atoms. The van der Waals surface area contributed by atoms with Crippen LogP contribution in [0.4, 0.5) is 0 Å². The van der Waals surface area contributed by atoms with E-state index in [4.69, 9.17) is 0 Å². The van der Waals surface area contributed by atoms with Gasteiger partial charge >= 0.3 is 0 Å². The second kappa shape index (κ2) is 5.79. The summed E-state index contributed by atoms with van der Waals surface area (Å²) in [6.45, 7) is 6.69. The first-order valence-corrected chi connectivity index (χ1v) is 6.90. The van der Waals surface area contributed by atoms with Gasteiger partial charge < -0.3 is 5.32 Å². The van der Waals surface area contributed by atoms with E-state index in [0.717, 1.165) is 5.75 Å². The summed E-state index contributed by atoms with van der Waals surface area (Å²) in [6, 6.07) is 2.75. The largest absolute Gasteiger partial charge is 0.312 e. The first kappa shape index (κ1) is 12.1. The third-order valence-electron chi connectivity index (χ3n) is 2.22. The van der Waals surface area contributed by atoms with E-state index in [-0.39, 0.29) is 0 Å². The van der Waals surface area contributed by atoms with Crippen molar-refractivity contribution in [3.05, 3.63) is 21.9 Å². The van der Waals surface area contributed by atoms with Crippen LogP contribution < -0.4 is 5.32 Å². The Morgan fingerprint density at radius 2 is 2.21 bits per heavy atom. The van der Waals surface area contributed by atoms with Gasteiger partial charge in [-0.25, -0.2) is 0 Å². The zero-order valence-corrected chi connectivity index (χ0v) is 11.0. The first-order chi connectivity index (χ1) is 6.65. The van der Waals surface area contributed by atoms with Gasteiger partial charge in [-0.3, -0.25) is 0 Å². The van der Waals surface area contributed by atoms with Gasteiger partial charge in [0.05, 0.1) is 0 Å². The van der Waals surface area contributed by atoms with Crippen LogP contribution in [0.5, 0.6) is 0 Å². The van der Waals surface area contributed by atoms with Crippen LogP contribution in [0.25, 0.3) is 0 Å². The van der Waals surface area contributed by atoms with E-state index in [2.05, 4.69) is 37.5 Å². The van der Waals surface area contributed by atoms with Gasteiger partial charge in [0.15, 0.2) is 0 Å². The molecule has 0 saturated carbocycles. The van der Waals surface area contributed by atoms with E-state index in [0.29, 0.717) is 11.3 Å². The molecule has 1 heterocycles. The van der Waals surface area contributed by atoms with Gasteiger partial charge in [-0.15, -0.1) is 11.3 Å². The monoisotopic (exact) mass is 229 g/mol. The lowest BCUT2D eigenvalue weighted by Crippen LogP contribution is -2.19. The van der Waals surface area contributed by atoms with E-state index in [1.54, 1.807) is 0 Å². The van der Waals surface area contributed by atoms with Gasteiger partial charge in [-0.2, -0.15) is 11.8 Å². The van der Waals surface area contributed by atoms with Gasteiger partial charge in [0, 0.05) is 16.7 Å². The maximum atomic E-state index is 3.39. The molecule has 0 amide bonds. The van der Waals surface area contributed by atoms with Crippen LogP contribution in [0.2, 0.25) is 0 Å². The summed E-state index contributed by atoms with van der Waals surface area (Å²) in [6.07, 6.45) is 0. The zero-order chi connectivity index (χ0) is 10.6. The Balaban J connectivity index is 2.58. The Bertz CT molecular complexity index is 268. The third kappa shape index (κ3) is 3.30. The number of hydrogen-bond acceptors (Lipinski definition) is 3. The Morgan fingerprint density at radius 1 is 1.50 bits per heavy atom. The molecular formula is C11H19NS2. The number of rotatable bonds is 5. The normalized spacial score (nSPS) is 13.5. The molecule has 0 aromatic carbocycles. The molecule has 1 N–H and O–H groups in total. The fourth-order valence-corrected chi connectivity index (χ4v) is 3.06. The third-order valence-corrected chi connectivity index (χ3v) is 4.27. The average molecular weight is 229 g/mol. The topological polar surface area (TPSA) is 12.0 Å². The fraction of sp³-hybridized carbons (Fsp3) is 0.636. The van der Waals surface area contributed by atoms with Crippen LogP contribution in [-0.2, 0) is 0 Å². The molecule has 1 rings (SSSR count). The van der Waals surface area contributed by atoms with Crippen LogP contribution in [0.1, 0.15) is 30.3 Å². The summed E-state index contributed by atoms with van der Waals surface area (Å²) >= 11 is 3.85. The number of aryl methyl sites for hydroxylation is 1. The molecule has 0 spiro atoms. The lowest BCUT2D eigenvalue weighted by atomic mass is 10.1. The summed E-state index contributed by atoms with van der Waals surface area (Å²) in [5.41, 5.74) is 1.46. The molecular weight excluding hydrogens is 210 g/mol. The smallest absolute Gasteiger partial charge is 0.0420 e. The summed E-state index contributed by atoms with van der Waals surface area (Å²) in [7, 11) is 2.04. The van der Waals surface area contributed by atoms with Crippen LogP contribution in [-0.4, -0.2) is 18.1 Å². The van der Waals surface area contributed by atoms with Gasteiger partial charge in [0.2, 0.25) is 0 Å². The summed E-state index contributed by atoms with van der Waals surface area (Å²) in [4.78, 5) is 1.44. The van der Waals surface area contributed by atoms with E-state index >= 15 is 0 Å². The molecule has 3 heteroatoms. The predicted octanol–water partition coefficient (Wildman–Crippen LogP) is 3.46. The maximum Gasteiger partial charge on any atom is 0.0420 e. The highest BCUT2D eigenvalue weighted by Gasteiger charge is 2.12. The van der Waals surface area contributed by atoms with Crippen molar-refractivity contribution in [1.29, 1.82) is 0 Å². The molecule has 80 valence electrons. The highest BCUT2D eigenvalue weighted by atomic mass is 32.2. The first-order valence-electron chi connectivity index (χ1n) is 4.98. The number of thioether (sulfide) groups is 1. The van der Waals surface area contributed by atoms with Crippen molar-refractivity contribution in [3.63, 3.8) is 0 Å². The van der Waals surface area contributed by atoms with Crippen molar-refractivity contribution in [1.82, 2.24) is 5.32 Å². The van der Waals surface area contributed by atoms with Gasteiger partial charge in [0.1, 0.15) is 0 Å². The summed E-state index contributed by atoms with van der Waals surface area (Å²) in [5.74, 6) is 1.16. The number of thiophene rings is 1. The lowest BCUT2D eigenvalue weighted by molar-refractivity contribution is 0.660. The summed E-state index contributed by atoms with van der Waals surface area (Å²) in [5, 5.41) is 6.27. The van der Waals surface area contributed by atoms with E-state index in [1.165, 1.54) is 10.4 Å². The molecule has 0 fully saturated rings. The molecule has 0 radical (unpaired) electrons. The van der Waals surface area contributed by atoms with Crippen LogP contribution >= 0.6 is 23.1 Å². The van der Waals surface area contributed by atoms with Crippen LogP contribution in [0.15, 0.2) is 11.4 Å². The van der Waals surface area contributed by atoms with Crippen LogP contribution in [0.3, 0.4) is 0 Å². The quantitative estimate of drug-likeness (QED) is 0.830. The van der Waals surface area contributed by atoms with Crippen molar-refractivity contribution in [2.24, 2.45) is 0 Å². The summed E-state index contributed by atoms with van der Waals surface area (Å²) < 4.78 is 0. The molecule has 1 aromatic heterocycles. The highest BCUT2D eigenvalue weighted by molar-refractivity contribution is 7.99. The molecule has 1 unspecified atom stereocenters. The van der Waals surface area contributed by atoms with Crippen molar-refractivity contribution in [2.45, 2.75) is 32.1 Å². The molecule has 1 atom stereocenters. The Kier molecular flexibility index (Phi) is 4.99. The molecule has 0 aliphatic carbocycles. The van der Waals surface area contributed by atoms with Crippen LogP contribution in [0, 0.1) is 6.92 Å². The van der Waals surface area contributed by atoms with Crippen molar-refractivity contribution in [3.8, 4) is 0 Å². The second-order valence-electron chi connectivity index (χ2n) is 3.66. The fourth-order valence-electron chi connectivity index (χ4n) is 1.37. The standard InChI is InChI=1S/C11H19NS2/c1-8(2)14-7-11(12-4)10-5-6-13-9(10)3/h5-6,8,11-12H,7H2,1-4H3. The minimum atomic E-state index is 0.508. The van der Waals surface area contributed by atoms with E-state index < -0.39 is 0 Å². The Hall–Kier alpha value is 0.01000. The SMILES string of the molecule is CNC(CSC(C)C)c1ccsc1C. The van der Waals surface area contributed by atoms with E-state index in [9.17, 15) is 0 Å². The van der Waals surface area contributed by atoms with Gasteiger partial charge in [-0.1, -0.05) is 13.8 Å². The number of nitrogens with one attached hydrogen (secondary N) is 1. The molecule has 14 heavy (non-hydrogen) atoms. The Morgan fingerprint density at radius 3 is 2.64 bits per heavy atom. The predicted molar refractivity (Wildman–Crippen MR) is 68.5 cm³/mol. The Labute approximate surface area is 95.3 Å². The molecule has 0 aliphatic rings. The minimum Gasteiger partial charge on any atom is -0.312 e. The van der Waals surface area contributed by atoms with Crippen molar-refractivity contribution >= 4 is 23.1 Å². The molecule has 0 saturated heterocycles. The molecule has 1 nitrogen and oxygen atoms in total. The maximum absolute atomic E-state index is 3.39. The minimum absolute atomic E-state index is 0.508.